The van der Waals surface area contributed by atoms with Crippen LogP contribution in [0, 0.1) is 0 Å². The second-order valence-corrected chi connectivity index (χ2v) is 10.2. The average molecular weight is 555 g/mol. The van der Waals surface area contributed by atoms with E-state index in [9.17, 15) is 0 Å². The van der Waals surface area contributed by atoms with Crippen LogP contribution in [0.1, 0.15) is 37.7 Å². The number of methoxy groups -OCH3 is 2. The first-order valence-electron chi connectivity index (χ1n) is 14.0. The molecule has 0 radical (unpaired) electrons. The molecule has 2 fully saturated rings. The number of rotatable bonds is 10. The molecule has 3 N–H and O–H groups in total. The summed E-state index contributed by atoms with van der Waals surface area (Å²) < 4.78 is 17.9. The number of hydrogen-bond donors (Lipinski definition) is 2. The molecule has 1 aliphatic carbocycles. The summed E-state index contributed by atoms with van der Waals surface area (Å²) in [6, 6.07) is 9.54. The molecule has 1 aromatic heterocycles. The molecule has 214 valence electrons. The molecule has 3 aromatic rings. The van der Waals surface area contributed by atoms with Crippen LogP contribution in [-0.4, -0.2) is 61.5 Å². The SMILES string of the molecule is C=CC(=C1CCC1)N1CCC(Oc2cc3c(Nc4cc(C(N)=CC=NC)ccc4OC)ncnc3cc2OC)CC1. The van der Waals surface area contributed by atoms with E-state index in [-0.39, 0.29) is 6.10 Å². The third-order valence-electron chi connectivity index (χ3n) is 7.70. The Balaban J connectivity index is 1.40. The number of piperidine rings is 1. The van der Waals surface area contributed by atoms with E-state index in [1.807, 2.05) is 36.4 Å². The number of nitrogens with one attached hydrogen (secondary N) is 1. The first-order valence-corrected chi connectivity index (χ1v) is 14.0. The molecule has 2 aromatic carbocycles. The molecule has 1 aliphatic heterocycles. The number of anilines is 2. The van der Waals surface area contributed by atoms with E-state index in [0.29, 0.717) is 28.8 Å². The monoisotopic (exact) mass is 554 g/mol. The van der Waals surface area contributed by atoms with Gasteiger partial charge in [-0.05, 0) is 66.8 Å². The van der Waals surface area contributed by atoms with Crippen LogP contribution in [0.15, 0.2) is 71.7 Å². The lowest BCUT2D eigenvalue weighted by Crippen LogP contribution is -2.38. The summed E-state index contributed by atoms with van der Waals surface area (Å²) in [5.74, 6) is 2.59. The van der Waals surface area contributed by atoms with Gasteiger partial charge in [0.1, 0.15) is 24.0 Å². The largest absolute Gasteiger partial charge is 0.495 e. The third kappa shape index (κ3) is 6.14. The van der Waals surface area contributed by atoms with Crippen LogP contribution in [0.2, 0.25) is 0 Å². The summed E-state index contributed by atoms with van der Waals surface area (Å²) in [6.07, 6.45) is 12.6. The molecule has 0 spiro atoms. The minimum Gasteiger partial charge on any atom is -0.495 e. The zero-order valence-corrected chi connectivity index (χ0v) is 24.0. The number of aromatic nitrogens is 2. The van der Waals surface area contributed by atoms with Crippen molar-refractivity contribution in [2.45, 2.75) is 38.2 Å². The fourth-order valence-electron chi connectivity index (χ4n) is 5.28. The van der Waals surface area contributed by atoms with Crippen LogP contribution in [0.3, 0.4) is 0 Å². The standard InChI is InChI=1S/C32H38N6O3/c1-5-28(21-7-6-8-21)38-15-12-23(13-16-38)41-31-18-24-26(19-30(31)40-4)35-20-36-32(24)37-27-17-22(9-10-29(27)39-3)25(33)11-14-34-2/h5,9-11,14,17-20,23H,1,6-8,12-13,15-16,33H2,2-4H3,(H,35,36,37). The quantitative estimate of drug-likeness (QED) is 0.300. The molecular weight excluding hydrogens is 516 g/mol. The molecule has 0 unspecified atom stereocenters. The summed E-state index contributed by atoms with van der Waals surface area (Å²) in [5.41, 5.74) is 12.0. The number of nitrogens with zero attached hydrogens (tertiary/aromatic N) is 4. The number of nitrogens with two attached hydrogens (primary N) is 1. The number of ether oxygens (including phenoxy) is 3. The molecule has 2 aliphatic rings. The minimum atomic E-state index is 0.0780. The number of aliphatic imine (C=N–C) groups is 1. The van der Waals surface area contributed by atoms with E-state index in [0.717, 1.165) is 48.1 Å². The van der Waals surface area contributed by atoms with Crippen molar-refractivity contribution in [1.82, 2.24) is 14.9 Å². The summed E-state index contributed by atoms with van der Waals surface area (Å²) in [4.78, 5) is 15.5. The predicted molar refractivity (Wildman–Crippen MR) is 165 cm³/mol. The Morgan fingerprint density at radius 3 is 2.51 bits per heavy atom. The van der Waals surface area contributed by atoms with Crippen LogP contribution in [0.5, 0.6) is 17.2 Å². The van der Waals surface area contributed by atoms with Gasteiger partial charge in [0.2, 0.25) is 0 Å². The molecule has 1 saturated heterocycles. The molecular formula is C32H38N6O3. The Hall–Kier alpha value is -4.53. The van der Waals surface area contributed by atoms with Crippen molar-refractivity contribution >= 4 is 34.3 Å². The molecule has 0 atom stereocenters. The zero-order chi connectivity index (χ0) is 28.8. The summed E-state index contributed by atoms with van der Waals surface area (Å²) in [5, 5.41) is 4.23. The van der Waals surface area contributed by atoms with E-state index in [2.05, 4.69) is 31.8 Å². The Labute approximate surface area is 241 Å². The molecule has 0 amide bonds. The normalized spacial score (nSPS) is 16.0. The van der Waals surface area contributed by atoms with Crippen LogP contribution < -0.4 is 25.3 Å². The van der Waals surface area contributed by atoms with E-state index in [1.54, 1.807) is 33.6 Å². The number of fused-ring (bicyclic) bond motifs is 1. The lowest BCUT2D eigenvalue weighted by Gasteiger charge is -2.37. The number of benzene rings is 2. The number of hydrogen-bond acceptors (Lipinski definition) is 9. The minimum absolute atomic E-state index is 0.0780. The maximum Gasteiger partial charge on any atom is 0.162 e. The van der Waals surface area contributed by atoms with E-state index >= 15 is 0 Å². The van der Waals surface area contributed by atoms with Crippen molar-refractivity contribution in [2.75, 3.05) is 39.7 Å². The van der Waals surface area contributed by atoms with Crippen LogP contribution in [0.4, 0.5) is 11.5 Å². The number of allylic oxidation sites excluding steroid dienone is 3. The molecule has 5 rings (SSSR count). The van der Waals surface area contributed by atoms with Gasteiger partial charge in [0, 0.05) is 62.0 Å². The van der Waals surface area contributed by atoms with Gasteiger partial charge in [-0.2, -0.15) is 0 Å². The van der Waals surface area contributed by atoms with E-state index in [1.165, 1.54) is 36.9 Å². The van der Waals surface area contributed by atoms with Crippen molar-refractivity contribution in [3.05, 3.63) is 72.2 Å². The number of likely N-dealkylation sites (tertiary alicyclic amines) is 1. The highest BCUT2D eigenvalue weighted by Gasteiger charge is 2.25. The van der Waals surface area contributed by atoms with Gasteiger partial charge in [-0.1, -0.05) is 6.58 Å². The van der Waals surface area contributed by atoms with Crippen molar-refractivity contribution in [3.63, 3.8) is 0 Å². The third-order valence-corrected chi connectivity index (χ3v) is 7.70. The smallest absolute Gasteiger partial charge is 0.162 e. The molecule has 9 heteroatoms. The Morgan fingerprint density at radius 1 is 1.07 bits per heavy atom. The molecule has 2 heterocycles. The fraction of sp³-hybridized carbons (Fsp3) is 0.344. The summed E-state index contributed by atoms with van der Waals surface area (Å²) in [7, 11) is 4.98. The molecule has 41 heavy (non-hydrogen) atoms. The maximum absolute atomic E-state index is 6.55. The lowest BCUT2D eigenvalue weighted by molar-refractivity contribution is 0.115. The lowest BCUT2D eigenvalue weighted by atomic mass is 9.89. The van der Waals surface area contributed by atoms with Crippen LogP contribution in [0.25, 0.3) is 16.6 Å². The average Bonchev–Trinajstić information content (AvgIpc) is 2.98. The maximum atomic E-state index is 6.55. The van der Waals surface area contributed by atoms with E-state index < -0.39 is 0 Å². The second kappa shape index (κ2) is 12.8. The zero-order valence-electron chi connectivity index (χ0n) is 24.0. The highest BCUT2D eigenvalue weighted by Crippen LogP contribution is 2.38. The Morgan fingerprint density at radius 2 is 1.85 bits per heavy atom. The van der Waals surface area contributed by atoms with Gasteiger partial charge < -0.3 is 30.2 Å². The van der Waals surface area contributed by atoms with Gasteiger partial charge in [-0.25, -0.2) is 9.97 Å². The van der Waals surface area contributed by atoms with Crippen molar-refractivity contribution < 1.29 is 14.2 Å². The van der Waals surface area contributed by atoms with Crippen LogP contribution in [-0.2, 0) is 0 Å². The summed E-state index contributed by atoms with van der Waals surface area (Å²) in [6.45, 7) is 5.95. The molecule has 1 saturated carbocycles. The van der Waals surface area contributed by atoms with Crippen molar-refractivity contribution in [3.8, 4) is 17.2 Å². The predicted octanol–water partition coefficient (Wildman–Crippen LogP) is 5.86. The van der Waals surface area contributed by atoms with Crippen LogP contribution >= 0.6 is 0 Å². The second-order valence-electron chi connectivity index (χ2n) is 10.2. The van der Waals surface area contributed by atoms with Gasteiger partial charge in [-0.15, -0.1) is 0 Å². The topological polar surface area (TPSA) is 107 Å². The Kier molecular flexibility index (Phi) is 8.72. The first kappa shape index (κ1) is 28.0. The van der Waals surface area contributed by atoms with Gasteiger partial charge in [0.05, 0.1) is 25.4 Å². The fourth-order valence-corrected chi connectivity index (χ4v) is 5.28. The highest BCUT2D eigenvalue weighted by molar-refractivity contribution is 5.94. The molecule has 9 nitrogen and oxygen atoms in total. The van der Waals surface area contributed by atoms with E-state index in [4.69, 9.17) is 19.9 Å². The first-order chi connectivity index (χ1) is 20.0. The van der Waals surface area contributed by atoms with Crippen molar-refractivity contribution in [1.29, 1.82) is 0 Å². The van der Waals surface area contributed by atoms with Gasteiger partial charge in [-0.3, -0.25) is 4.99 Å². The summed E-state index contributed by atoms with van der Waals surface area (Å²) >= 11 is 0. The highest BCUT2D eigenvalue weighted by atomic mass is 16.5. The van der Waals surface area contributed by atoms with Gasteiger partial charge in [0.15, 0.2) is 11.5 Å². The van der Waals surface area contributed by atoms with Gasteiger partial charge in [0.25, 0.3) is 0 Å². The van der Waals surface area contributed by atoms with Crippen molar-refractivity contribution in [2.24, 2.45) is 10.7 Å². The van der Waals surface area contributed by atoms with Gasteiger partial charge >= 0.3 is 0 Å². The molecule has 0 bridgehead atoms. The Bertz CT molecular complexity index is 1500.